The van der Waals surface area contributed by atoms with Crippen molar-refractivity contribution in [3.8, 4) is 0 Å². The second kappa shape index (κ2) is 11.8. The van der Waals surface area contributed by atoms with Crippen molar-refractivity contribution in [1.29, 1.82) is 0 Å². The SMILES string of the molecule is NC(Cc1c[nH]c2ccccc12)c1nc(C(=O)NCCCCNC(=O)OCc2ccccc2)co1. The number of carbonyl (C=O) groups excluding carboxylic acids is 2. The molecule has 1 unspecified atom stereocenters. The molecule has 0 aliphatic heterocycles. The van der Waals surface area contributed by atoms with Gasteiger partial charge in [-0.15, -0.1) is 0 Å². The number of unbranched alkanes of at least 4 members (excludes halogenated alkanes) is 1. The summed E-state index contributed by atoms with van der Waals surface area (Å²) in [6.07, 6.45) is 4.71. The smallest absolute Gasteiger partial charge is 0.407 e. The number of aromatic nitrogens is 2. The first kappa shape index (κ1) is 24.0. The number of hydrogen-bond acceptors (Lipinski definition) is 6. The molecule has 2 aromatic heterocycles. The average Bonchev–Trinajstić information content (AvgIpc) is 3.53. The molecule has 2 aromatic carbocycles. The Bertz CT molecular complexity index is 1250. The third-order valence-electron chi connectivity index (χ3n) is 5.56. The molecular weight excluding hydrogens is 446 g/mol. The topological polar surface area (TPSA) is 135 Å². The quantitative estimate of drug-likeness (QED) is 0.244. The number of amides is 2. The Morgan fingerprint density at radius 1 is 1.03 bits per heavy atom. The molecule has 0 aliphatic rings. The maximum Gasteiger partial charge on any atom is 0.407 e. The summed E-state index contributed by atoms with van der Waals surface area (Å²) in [5.74, 6) is -0.00632. The van der Waals surface area contributed by atoms with E-state index in [1.807, 2.05) is 60.8 Å². The molecule has 0 bridgehead atoms. The van der Waals surface area contributed by atoms with Gasteiger partial charge >= 0.3 is 6.09 Å². The first-order valence-electron chi connectivity index (χ1n) is 11.6. The lowest BCUT2D eigenvalue weighted by Gasteiger charge is -2.07. The number of carbonyl (C=O) groups is 2. The second-order valence-electron chi connectivity index (χ2n) is 8.19. The molecular formula is C26H29N5O4. The molecule has 35 heavy (non-hydrogen) atoms. The van der Waals surface area contributed by atoms with E-state index in [0.717, 1.165) is 22.0 Å². The molecule has 9 heteroatoms. The van der Waals surface area contributed by atoms with Gasteiger partial charge in [0.25, 0.3) is 5.91 Å². The van der Waals surface area contributed by atoms with Crippen LogP contribution in [0.4, 0.5) is 4.79 Å². The molecule has 2 heterocycles. The normalized spacial score (nSPS) is 11.8. The number of oxazole rings is 1. The number of nitrogens with one attached hydrogen (secondary N) is 3. The molecule has 9 nitrogen and oxygen atoms in total. The van der Waals surface area contributed by atoms with E-state index in [2.05, 4.69) is 20.6 Å². The van der Waals surface area contributed by atoms with Crippen LogP contribution in [0.3, 0.4) is 0 Å². The molecule has 0 saturated heterocycles. The number of benzene rings is 2. The number of para-hydroxylation sites is 1. The van der Waals surface area contributed by atoms with Gasteiger partial charge in [0.05, 0.1) is 6.04 Å². The number of aromatic amines is 1. The van der Waals surface area contributed by atoms with Crippen molar-refractivity contribution in [2.24, 2.45) is 5.73 Å². The highest BCUT2D eigenvalue weighted by Crippen LogP contribution is 2.23. The highest BCUT2D eigenvalue weighted by atomic mass is 16.5. The zero-order chi connectivity index (χ0) is 24.5. The number of alkyl carbamates (subject to hydrolysis) is 1. The molecule has 0 spiro atoms. The van der Waals surface area contributed by atoms with Gasteiger partial charge in [0.2, 0.25) is 5.89 Å². The highest BCUT2D eigenvalue weighted by Gasteiger charge is 2.18. The van der Waals surface area contributed by atoms with E-state index in [1.165, 1.54) is 6.26 Å². The van der Waals surface area contributed by atoms with Crippen LogP contribution in [0.5, 0.6) is 0 Å². The third kappa shape index (κ3) is 6.70. The van der Waals surface area contributed by atoms with Gasteiger partial charge in [-0.25, -0.2) is 9.78 Å². The van der Waals surface area contributed by atoms with Crippen molar-refractivity contribution < 1.29 is 18.7 Å². The predicted octanol–water partition coefficient (Wildman–Crippen LogP) is 3.83. The number of H-pyrrole nitrogens is 1. The van der Waals surface area contributed by atoms with Gasteiger partial charge in [-0.3, -0.25) is 4.79 Å². The zero-order valence-corrected chi connectivity index (χ0v) is 19.3. The number of nitrogens with two attached hydrogens (primary N) is 1. The summed E-state index contributed by atoms with van der Waals surface area (Å²) in [6.45, 7) is 1.14. The van der Waals surface area contributed by atoms with E-state index < -0.39 is 12.1 Å². The summed E-state index contributed by atoms with van der Waals surface area (Å²) < 4.78 is 10.6. The van der Waals surface area contributed by atoms with Crippen LogP contribution in [0.25, 0.3) is 10.9 Å². The van der Waals surface area contributed by atoms with Gasteiger partial charge in [-0.2, -0.15) is 0 Å². The Balaban J connectivity index is 1.13. The van der Waals surface area contributed by atoms with Crippen molar-refractivity contribution in [1.82, 2.24) is 20.6 Å². The van der Waals surface area contributed by atoms with Crippen LogP contribution in [-0.2, 0) is 17.8 Å². The van der Waals surface area contributed by atoms with Crippen LogP contribution in [0.1, 0.15) is 46.4 Å². The number of hydrogen-bond donors (Lipinski definition) is 4. The maximum atomic E-state index is 12.4. The summed E-state index contributed by atoms with van der Waals surface area (Å²) in [5, 5.41) is 6.61. The predicted molar refractivity (Wildman–Crippen MR) is 132 cm³/mol. The van der Waals surface area contributed by atoms with Crippen molar-refractivity contribution in [3.63, 3.8) is 0 Å². The van der Waals surface area contributed by atoms with E-state index in [9.17, 15) is 9.59 Å². The van der Waals surface area contributed by atoms with Crippen LogP contribution in [-0.4, -0.2) is 35.1 Å². The fourth-order valence-electron chi connectivity index (χ4n) is 3.69. The Morgan fingerprint density at radius 2 is 1.77 bits per heavy atom. The van der Waals surface area contributed by atoms with Gasteiger partial charge in [0, 0.05) is 30.2 Å². The molecule has 2 amide bonds. The van der Waals surface area contributed by atoms with Gasteiger partial charge in [-0.05, 0) is 36.5 Å². The fraction of sp³-hybridized carbons (Fsp3) is 0.269. The Kier molecular flexibility index (Phi) is 8.13. The van der Waals surface area contributed by atoms with E-state index in [-0.39, 0.29) is 18.2 Å². The average molecular weight is 476 g/mol. The molecule has 0 fully saturated rings. The van der Waals surface area contributed by atoms with Gasteiger partial charge in [0.15, 0.2) is 5.69 Å². The van der Waals surface area contributed by atoms with Gasteiger partial charge in [0.1, 0.15) is 12.9 Å². The summed E-state index contributed by atoms with van der Waals surface area (Å²) in [4.78, 5) is 31.6. The number of rotatable bonds is 11. The van der Waals surface area contributed by atoms with E-state index in [1.54, 1.807) is 0 Å². The van der Waals surface area contributed by atoms with Crippen LogP contribution in [0.2, 0.25) is 0 Å². The molecule has 0 saturated carbocycles. The van der Waals surface area contributed by atoms with E-state index in [0.29, 0.717) is 38.2 Å². The fourth-order valence-corrected chi connectivity index (χ4v) is 3.69. The minimum Gasteiger partial charge on any atom is -0.446 e. The summed E-state index contributed by atoms with van der Waals surface area (Å²) in [7, 11) is 0. The third-order valence-corrected chi connectivity index (χ3v) is 5.56. The minimum atomic E-state index is -0.469. The summed E-state index contributed by atoms with van der Waals surface area (Å²) >= 11 is 0. The molecule has 4 rings (SSSR count). The van der Waals surface area contributed by atoms with Crippen molar-refractivity contribution in [3.05, 3.63) is 89.8 Å². The molecule has 182 valence electrons. The molecule has 5 N–H and O–H groups in total. The van der Waals surface area contributed by atoms with Crippen molar-refractivity contribution in [2.75, 3.05) is 13.1 Å². The maximum absolute atomic E-state index is 12.4. The highest BCUT2D eigenvalue weighted by molar-refractivity contribution is 5.91. The second-order valence-corrected chi connectivity index (χ2v) is 8.19. The molecule has 0 radical (unpaired) electrons. The number of nitrogens with zero attached hydrogens (tertiary/aromatic N) is 1. The van der Waals surface area contributed by atoms with Gasteiger partial charge < -0.3 is 30.5 Å². The zero-order valence-electron chi connectivity index (χ0n) is 19.3. The largest absolute Gasteiger partial charge is 0.446 e. The van der Waals surface area contributed by atoms with Gasteiger partial charge in [-0.1, -0.05) is 48.5 Å². The lowest BCUT2D eigenvalue weighted by Crippen LogP contribution is -2.28. The molecule has 4 aromatic rings. The van der Waals surface area contributed by atoms with E-state index >= 15 is 0 Å². The summed E-state index contributed by atoms with van der Waals surface area (Å²) in [6, 6.07) is 17.0. The lowest BCUT2D eigenvalue weighted by molar-refractivity contribution is 0.0947. The standard InChI is InChI=1S/C26H29N5O4/c27-21(14-19-15-30-22-11-5-4-10-20(19)22)25-31-23(17-34-25)24(32)28-12-6-7-13-29-26(33)35-16-18-8-2-1-3-9-18/h1-5,8-11,15,17,21,30H,6-7,12-14,16,27H2,(H,28,32)(H,29,33). The Labute approximate surface area is 203 Å². The number of fused-ring (bicyclic) bond motifs is 1. The van der Waals surface area contributed by atoms with Crippen LogP contribution in [0.15, 0.2) is 71.5 Å². The van der Waals surface area contributed by atoms with E-state index in [4.69, 9.17) is 14.9 Å². The minimum absolute atomic E-state index is 0.192. The van der Waals surface area contributed by atoms with Crippen LogP contribution < -0.4 is 16.4 Å². The Hall–Kier alpha value is -4.11. The monoisotopic (exact) mass is 475 g/mol. The Morgan fingerprint density at radius 3 is 2.60 bits per heavy atom. The van der Waals surface area contributed by atoms with Crippen LogP contribution in [0, 0.1) is 0 Å². The first-order chi connectivity index (χ1) is 17.1. The summed E-state index contributed by atoms with van der Waals surface area (Å²) in [5.41, 5.74) is 9.51. The first-order valence-corrected chi connectivity index (χ1v) is 11.6. The lowest BCUT2D eigenvalue weighted by atomic mass is 10.1. The molecule has 1 atom stereocenters. The van der Waals surface area contributed by atoms with Crippen molar-refractivity contribution >= 4 is 22.9 Å². The number of ether oxygens (including phenoxy) is 1. The van der Waals surface area contributed by atoms with Crippen molar-refractivity contribution in [2.45, 2.75) is 31.9 Å². The van der Waals surface area contributed by atoms with Crippen LogP contribution >= 0.6 is 0 Å². The molecule has 0 aliphatic carbocycles.